The number of halogens is 2. The Morgan fingerprint density at radius 3 is 2.27 bits per heavy atom. The van der Waals surface area contributed by atoms with Gasteiger partial charge in [-0.25, -0.2) is 29.1 Å². The number of carboxylic acids is 1. The van der Waals surface area contributed by atoms with Gasteiger partial charge in [-0.2, -0.15) is 0 Å². The van der Waals surface area contributed by atoms with Crippen molar-refractivity contribution in [1.82, 2.24) is 19.9 Å². The van der Waals surface area contributed by atoms with Crippen LogP contribution in [-0.4, -0.2) is 65.3 Å². The third-order valence-corrected chi connectivity index (χ3v) is 20.2. The Morgan fingerprint density at radius 2 is 1.56 bits per heavy atom. The van der Waals surface area contributed by atoms with Crippen molar-refractivity contribution in [2.75, 3.05) is 13.7 Å². The van der Waals surface area contributed by atoms with E-state index in [-0.39, 0.29) is 36.4 Å². The maximum absolute atomic E-state index is 14.5. The van der Waals surface area contributed by atoms with Gasteiger partial charge in [-0.15, -0.1) is 11.3 Å². The number of fused-ring (bicyclic) bond motifs is 7. The van der Waals surface area contributed by atoms with Crippen LogP contribution in [-0.2, 0) is 28.7 Å². The van der Waals surface area contributed by atoms with Crippen molar-refractivity contribution < 1.29 is 37.7 Å². The number of methoxy groups -OCH3 is 1. The van der Waals surface area contributed by atoms with Crippen LogP contribution >= 0.6 is 22.9 Å². The molecule has 2 atom stereocenters. The topological polar surface area (TPSA) is 135 Å². The molecule has 0 spiro atoms. The highest BCUT2D eigenvalue weighted by molar-refractivity contribution is 7.22. The maximum atomic E-state index is 14.5. The first-order chi connectivity index (χ1) is 36.3. The van der Waals surface area contributed by atoms with Crippen molar-refractivity contribution in [2.45, 2.75) is 70.8 Å². The number of thiophene rings is 1. The summed E-state index contributed by atoms with van der Waals surface area (Å²) < 4.78 is 47.8. The van der Waals surface area contributed by atoms with Gasteiger partial charge in [0, 0.05) is 23.1 Å². The van der Waals surface area contributed by atoms with Gasteiger partial charge >= 0.3 is 5.97 Å². The standard InChI is InChI=1S/C60H54ClFN4O7SSi/c1-37-46-27-29-50(54(37)61)72-43(35-71-75(60(2,3)4,44-14-8-6-9-15-44)45-16-10-7-11-17-45)26-20-38-21-28-48(70-34-42-30-31-63-56(66-42)47-18-12-13-19-49(47)69-5)40(32-38)33-51(59(67)68)73-57-53-52(46)55(74-58(53)65-36-64-57)39-22-24-41(62)25-23-39/h6-19,21-25,27-32,36,43,51H,20,26,33-35H2,1-5H3,(H,67,68)/t43-,51+/m0/s1. The second-order valence-electron chi connectivity index (χ2n) is 19.4. The molecule has 9 aromatic rings. The van der Waals surface area contributed by atoms with Crippen LogP contribution in [0.1, 0.15) is 49.6 Å². The lowest BCUT2D eigenvalue weighted by Gasteiger charge is -2.43. The summed E-state index contributed by atoms with van der Waals surface area (Å²) in [4.78, 5) is 33.3. The van der Waals surface area contributed by atoms with Crippen LogP contribution in [0.4, 0.5) is 4.39 Å². The Morgan fingerprint density at radius 1 is 0.840 bits per heavy atom. The van der Waals surface area contributed by atoms with Crippen LogP contribution in [0.2, 0.25) is 10.1 Å². The fraction of sp³-hybridized carbons (Fsp3) is 0.217. The molecule has 0 saturated carbocycles. The first-order valence-electron chi connectivity index (χ1n) is 24.6. The number of aryl methyl sites for hydroxylation is 1. The van der Waals surface area contributed by atoms with Gasteiger partial charge < -0.3 is 28.5 Å². The van der Waals surface area contributed by atoms with Crippen LogP contribution in [0.3, 0.4) is 0 Å². The molecule has 1 N–H and O–H groups in total. The molecule has 0 fully saturated rings. The number of aliphatic carboxylic acids is 1. The summed E-state index contributed by atoms with van der Waals surface area (Å²) in [6.07, 6.45) is 2.01. The van der Waals surface area contributed by atoms with E-state index < -0.39 is 26.5 Å². The number of hydrogen-bond donors (Lipinski definition) is 1. The van der Waals surface area contributed by atoms with E-state index in [0.717, 1.165) is 37.5 Å². The Labute approximate surface area is 445 Å². The monoisotopic (exact) mass is 1060 g/mol. The van der Waals surface area contributed by atoms with Crippen molar-refractivity contribution in [2.24, 2.45) is 0 Å². The summed E-state index contributed by atoms with van der Waals surface area (Å²) in [6, 6.07) is 46.1. The van der Waals surface area contributed by atoms with Crippen molar-refractivity contribution in [1.29, 1.82) is 0 Å². The summed E-state index contributed by atoms with van der Waals surface area (Å²) in [5.74, 6) is 0.508. The Hall–Kier alpha value is -7.49. The number of ether oxygens (including phenoxy) is 4. The predicted octanol–water partition coefficient (Wildman–Crippen LogP) is 12.5. The lowest BCUT2D eigenvalue weighted by Crippen LogP contribution is -2.67. The normalized spacial score (nSPS) is 14.9. The molecule has 380 valence electrons. The molecule has 2 aliphatic heterocycles. The number of rotatable bonds is 12. The molecule has 5 heterocycles. The van der Waals surface area contributed by atoms with Crippen LogP contribution < -0.4 is 29.3 Å². The first-order valence-corrected chi connectivity index (χ1v) is 27.8. The van der Waals surface area contributed by atoms with Crippen molar-refractivity contribution in [3.05, 3.63) is 191 Å². The highest BCUT2D eigenvalue weighted by Gasteiger charge is 2.50. The van der Waals surface area contributed by atoms with E-state index in [2.05, 4.69) is 84.3 Å². The molecule has 75 heavy (non-hydrogen) atoms. The summed E-state index contributed by atoms with van der Waals surface area (Å²) in [5.41, 5.74) is 5.63. The van der Waals surface area contributed by atoms with Crippen molar-refractivity contribution in [3.8, 4) is 56.1 Å². The molecule has 0 radical (unpaired) electrons. The number of benzene rings is 6. The molecular weight excluding hydrogens is 1000 g/mol. The lowest BCUT2D eigenvalue weighted by molar-refractivity contribution is -0.145. The smallest absolute Gasteiger partial charge is 0.345 e. The van der Waals surface area contributed by atoms with E-state index in [1.807, 2.05) is 73.7 Å². The van der Waals surface area contributed by atoms with Gasteiger partial charge in [-0.1, -0.05) is 136 Å². The maximum Gasteiger partial charge on any atom is 0.345 e. The Kier molecular flexibility index (Phi) is 14.8. The number of hydrogen-bond acceptors (Lipinski definition) is 11. The minimum absolute atomic E-state index is 0.0550. The summed E-state index contributed by atoms with van der Waals surface area (Å²) >= 11 is 8.81. The fourth-order valence-electron chi connectivity index (χ4n) is 9.93. The van der Waals surface area contributed by atoms with Gasteiger partial charge in [-0.3, -0.25) is 0 Å². The second kappa shape index (κ2) is 21.8. The predicted molar refractivity (Wildman–Crippen MR) is 295 cm³/mol. The zero-order valence-corrected chi connectivity index (χ0v) is 44.6. The van der Waals surface area contributed by atoms with E-state index in [4.69, 9.17) is 40.0 Å². The molecule has 0 amide bonds. The third-order valence-electron chi connectivity index (χ3n) is 13.6. The number of carboxylic acid groups (broad SMARTS) is 1. The number of aromatic nitrogens is 4. The molecule has 3 aromatic heterocycles. The molecule has 2 aliphatic rings. The third kappa shape index (κ3) is 10.5. The van der Waals surface area contributed by atoms with Crippen molar-refractivity contribution >= 4 is 57.8 Å². The van der Waals surface area contributed by atoms with E-state index >= 15 is 0 Å². The average Bonchev–Trinajstić information content (AvgIpc) is 3.82. The van der Waals surface area contributed by atoms with E-state index in [9.17, 15) is 14.3 Å². The number of nitrogens with zero attached hydrogens (tertiary/aromatic N) is 4. The van der Waals surface area contributed by atoms with Crippen LogP contribution in [0.25, 0.3) is 43.2 Å². The van der Waals surface area contributed by atoms with Gasteiger partial charge in [0.05, 0.1) is 35.4 Å². The SMILES string of the molecule is COc1ccccc1-c1nccc(COc2ccc3cc2C[C@H](C(=O)O)Oc2ncnc4sc(-c5ccc(F)cc5)c(c24)-c2ccc(c(Cl)c2C)O[C@H](CO[Si](c2ccccc2)(c2ccccc2)C(C)(C)C)CC3)n1. The molecule has 11 nitrogen and oxygen atoms in total. The summed E-state index contributed by atoms with van der Waals surface area (Å²) in [5, 5.41) is 13.9. The highest BCUT2D eigenvalue weighted by Crippen LogP contribution is 2.50. The zero-order valence-electron chi connectivity index (χ0n) is 42.1. The van der Waals surface area contributed by atoms with Gasteiger partial charge in [-0.05, 0) is 105 Å². The summed E-state index contributed by atoms with van der Waals surface area (Å²) in [6.45, 7) is 8.94. The van der Waals surface area contributed by atoms with Crippen LogP contribution in [0.5, 0.6) is 23.1 Å². The van der Waals surface area contributed by atoms with E-state index in [1.165, 1.54) is 29.8 Å². The zero-order chi connectivity index (χ0) is 52.3. The molecular formula is C60H54ClFN4O7SSi. The molecule has 0 saturated heterocycles. The second-order valence-corrected chi connectivity index (χ2v) is 25.1. The van der Waals surface area contributed by atoms with Gasteiger partial charge in [0.2, 0.25) is 12.0 Å². The van der Waals surface area contributed by atoms with Crippen LogP contribution in [0, 0.1) is 12.7 Å². The molecule has 0 aliphatic carbocycles. The molecule has 4 bridgehead atoms. The van der Waals surface area contributed by atoms with Gasteiger partial charge in [0.1, 0.15) is 46.9 Å². The quantitative estimate of drug-likeness (QED) is 0.117. The molecule has 6 aromatic carbocycles. The highest BCUT2D eigenvalue weighted by atomic mass is 35.5. The Balaban J connectivity index is 1.09. The summed E-state index contributed by atoms with van der Waals surface area (Å²) in [7, 11) is -1.43. The molecule has 0 unspecified atom stereocenters. The van der Waals surface area contributed by atoms with E-state index in [1.54, 1.807) is 31.5 Å². The number of carbonyl (C=O) groups is 1. The van der Waals surface area contributed by atoms with Crippen LogP contribution in [0.15, 0.2) is 158 Å². The fourth-order valence-corrected chi connectivity index (χ4v) is 15.9. The number of para-hydroxylation sites is 1. The average molecular weight is 1060 g/mol. The van der Waals surface area contributed by atoms with Crippen molar-refractivity contribution in [3.63, 3.8) is 0 Å². The molecule has 15 heteroatoms. The Bertz CT molecular complexity index is 3470. The minimum Gasteiger partial charge on any atom is -0.496 e. The lowest BCUT2D eigenvalue weighted by atomic mass is 9.96. The minimum atomic E-state index is -3.03. The van der Waals surface area contributed by atoms with E-state index in [0.29, 0.717) is 73.5 Å². The van der Waals surface area contributed by atoms with Gasteiger partial charge in [0.25, 0.3) is 8.32 Å². The molecule has 11 rings (SSSR count). The van der Waals surface area contributed by atoms with Gasteiger partial charge in [0.15, 0.2) is 5.82 Å². The largest absolute Gasteiger partial charge is 0.496 e. The first kappa shape index (κ1) is 51.0.